The predicted molar refractivity (Wildman–Crippen MR) is 80.6 cm³/mol. The lowest BCUT2D eigenvalue weighted by Gasteiger charge is -2.06. The minimum absolute atomic E-state index is 0.111. The monoisotopic (exact) mass is 306 g/mol. The third-order valence-corrected chi connectivity index (χ3v) is 3.08. The van der Waals surface area contributed by atoms with Crippen LogP contribution in [0, 0.1) is 0 Å². The van der Waals surface area contributed by atoms with Crippen LogP contribution in [-0.2, 0) is 4.74 Å². The molecule has 0 aliphatic carbocycles. The molecule has 0 amide bonds. The molecule has 2 rings (SSSR count). The Bertz CT molecular complexity index is 642. The quantitative estimate of drug-likeness (QED) is 0.501. The van der Waals surface area contributed by atoms with Crippen molar-refractivity contribution in [1.29, 1.82) is 0 Å². The number of ether oxygens (including phenoxy) is 2. The van der Waals surface area contributed by atoms with Gasteiger partial charge < -0.3 is 14.8 Å². The Morgan fingerprint density at radius 1 is 1.48 bits per heavy atom. The Morgan fingerprint density at radius 2 is 2.29 bits per heavy atom. The Kier molecular flexibility index (Phi) is 5.22. The number of aromatic nitrogens is 2. The molecule has 21 heavy (non-hydrogen) atoms. The molecule has 7 nitrogen and oxygen atoms in total. The van der Waals surface area contributed by atoms with Crippen molar-refractivity contribution in [3.63, 3.8) is 0 Å². The van der Waals surface area contributed by atoms with E-state index in [0.29, 0.717) is 10.8 Å². The number of benzene rings is 1. The lowest BCUT2D eigenvalue weighted by Crippen LogP contribution is -2.05. The van der Waals surface area contributed by atoms with Crippen molar-refractivity contribution in [2.24, 2.45) is 4.99 Å². The summed E-state index contributed by atoms with van der Waals surface area (Å²) in [6, 6.07) is 7.42. The molecule has 0 aliphatic rings. The second-order valence-corrected chi connectivity index (χ2v) is 4.48. The molecule has 1 aromatic carbocycles. The van der Waals surface area contributed by atoms with Gasteiger partial charge in [0, 0.05) is 11.5 Å². The zero-order chi connectivity index (χ0) is 15.1. The van der Waals surface area contributed by atoms with Crippen LogP contribution in [0.2, 0.25) is 0 Å². The molecule has 1 N–H and O–H groups in total. The molecule has 0 unspecified atom stereocenters. The number of hydrogen-bond acceptors (Lipinski definition) is 7. The van der Waals surface area contributed by atoms with Gasteiger partial charge in [0.1, 0.15) is 5.75 Å². The van der Waals surface area contributed by atoms with Crippen molar-refractivity contribution in [2.75, 3.05) is 19.0 Å². The van der Waals surface area contributed by atoms with Crippen molar-refractivity contribution in [3.8, 4) is 5.75 Å². The zero-order valence-corrected chi connectivity index (χ0v) is 12.4. The van der Waals surface area contributed by atoms with Gasteiger partial charge in [0.2, 0.25) is 5.69 Å². The van der Waals surface area contributed by atoms with E-state index in [0.717, 1.165) is 17.2 Å². The van der Waals surface area contributed by atoms with Crippen LogP contribution in [0.1, 0.15) is 17.4 Å². The van der Waals surface area contributed by atoms with Crippen molar-refractivity contribution in [2.45, 2.75) is 6.92 Å². The summed E-state index contributed by atoms with van der Waals surface area (Å²) in [6.07, 6.45) is 1.45. The Morgan fingerprint density at radius 3 is 3.05 bits per heavy atom. The van der Waals surface area contributed by atoms with E-state index in [9.17, 15) is 4.79 Å². The van der Waals surface area contributed by atoms with Gasteiger partial charge in [0.25, 0.3) is 0 Å². The minimum atomic E-state index is -0.532. The average Bonchev–Trinajstić information content (AvgIpc) is 2.96. The number of nitrogens with one attached hydrogen (secondary N) is 1. The Hall–Kier alpha value is -2.48. The average molecular weight is 306 g/mol. The number of carbonyl (C=O) groups excluding carboxylic acids is 1. The number of aliphatic imine (C=N–C) groups is 1. The number of nitrogens with zero attached hydrogens (tertiary/aromatic N) is 3. The Balaban J connectivity index is 2.08. The van der Waals surface area contributed by atoms with Crippen molar-refractivity contribution < 1.29 is 14.3 Å². The second kappa shape index (κ2) is 7.34. The van der Waals surface area contributed by atoms with Gasteiger partial charge in [-0.2, -0.15) is 0 Å². The third-order valence-electron chi connectivity index (χ3n) is 2.45. The van der Waals surface area contributed by atoms with Crippen molar-refractivity contribution >= 4 is 34.5 Å². The molecule has 0 fully saturated rings. The molecule has 0 saturated carbocycles. The molecular weight excluding hydrogens is 292 g/mol. The van der Waals surface area contributed by atoms with E-state index in [1.165, 1.54) is 6.34 Å². The van der Waals surface area contributed by atoms with Gasteiger partial charge in [-0.05, 0) is 19.1 Å². The highest BCUT2D eigenvalue weighted by Crippen LogP contribution is 2.24. The van der Waals surface area contributed by atoms with E-state index in [1.54, 1.807) is 14.0 Å². The summed E-state index contributed by atoms with van der Waals surface area (Å²) in [6.45, 7) is 2.00. The van der Waals surface area contributed by atoms with Gasteiger partial charge in [-0.25, -0.2) is 9.79 Å². The van der Waals surface area contributed by atoms with E-state index in [2.05, 4.69) is 19.9 Å². The number of rotatable bonds is 6. The fourth-order valence-corrected chi connectivity index (χ4v) is 2.03. The zero-order valence-electron chi connectivity index (χ0n) is 11.6. The highest BCUT2D eigenvalue weighted by Gasteiger charge is 2.16. The summed E-state index contributed by atoms with van der Waals surface area (Å²) >= 11 is 1.02. The first-order chi connectivity index (χ1) is 10.3. The number of carbonyl (C=O) groups is 1. The van der Waals surface area contributed by atoms with Crippen LogP contribution in [0.15, 0.2) is 29.3 Å². The first kappa shape index (κ1) is 14.9. The lowest BCUT2D eigenvalue weighted by molar-refractivity contribution is 0.0520. The summed E-state index contributed by atoms with van der Waals surface area (Å²) in [7, 11) is 1.59. The van der Waals surface area contributed by atoms with Gasteiger partial charge in [-0.1, -0.05) is 16.6 Å². The smallest absolute Gasteiger partial charge is 0.362 e. The van der Waals surface area contributed by atoms with Gasteiger partial charge in [0.15, 0.2) is 5.00 Å². The predicted octanol–water partition coefficient (Wildman–Crippen LogP) is 2.50. The number of esters is 1. The van der Waals surface area contributed by atoms with Gasteiger partial charge >= 0.3 is 5.97 Å². The molecule has 0 bridgehead atoms. The molecule has 0 radical (unpaired) electrons. The van der Waals surface area contributed by atoms with Crippen LogP contribution in [0.5, 0.6) is 5.75 Å². The highest BCUT2D eigenvalue weighted by molar-refractivity contribution is 7.10. The molecule has 0 spiro atoms. The van der Waals surface area contributed by atoms with E-state index in [1.807, 2.05) is 24.3 Å². The SMILES string of the molecule is CCOC(=O)c1nnsc1N=CNc1ccccc1OC. The molecule has 0 saturated heterocycles. The summed E-state index contributed by atoms with van der Waals surface area (Å²) in [5, 5.41) is 7.09. The second-order valence-electron chi connectivity index (χ2n) is 3.75. The maximum absolute atomic E-state index is 11.6. The summed E-state index contributed by atoms with van der Waals surface area (Å²) in [4.78, 5) is 15.8. The normalized spacial score (nSPS) is 10.6. The third kappa shape index (κ3) is 3.76. The van der Waals surface area contributed by atoms with Gasteiger partial charge in [-0.15, -0.1) is 5.10 Å². The summed E-state index contributed by atoms with van der Waals surface area (Å²) in [5.41, 5.74) is 0.874. The number of methoxy groups -OCH3 is 1. The number of anilines is 1. The summed E-state index contributed by atoms with van der Waals surface area (Å²) in [5.74, 6) is 0.160. The standard InChI is InChI=1S/C13H14N4O3S/c1-3-20-13(18)11-12(21-17-16-11)15-8-14-9-6-4-5-7-10(9)19-2/h4-8H,3H2,1-2H3,(H,14,15). The van der Waals surface area contributed by atoms with E-state index in [-0.39, 0.29) is 12.3 Å². The molecule has 1 heterocycles. The molecule has 0 aliphatic heterocycles. The molecule has 8 heteroatoms. The van der Waals surface area contributed by atoms with Crippen LogP contribution >= 0.6 is 11.5 Å². The minimum Gasteiger partial charge on any atom is -0.495 e. The maximum Gasteiger partial charge on any atom is 0.362 e. The molecule has 1 aromatic heterocycles. The number of hydrogen-bond donors (Lipinski definition) is 1. The molecule has 0 atom stereocenters. The largest absolute Gasteiger partial charge is 0.495 e. The van der Waals surface area contributed by atoms with Gasteiger partial charge in [0.05, 0.1) is 25.7 Å². The van der Waals surface area contributed by atoms with Crippen molar-refractivity contribution in [3.05, 3.63) is 30.0 Å². The van der Waals surface area contributed by atoms with Crippen molar-refractivity contribution in [1.82, 2.24) is 9.59 Å². The first-order valence-corrected chi connectivity index (χ1v) is 6.95. The Labute approximate surface area is 125 Å². The summed E-state index contributed by atoms with van der Waals surface area (Å²) < 4.78 is 13.8. The van der Waals surface area contributed by atoms with Gasteiger partial charge in [-0.3, -0.25) is 0 Å². The van der Waals surface area contributed by atoms with Crippen LogP contribution in [0.4, 0.5) is 10.7 Å². The topological polar surface area (TPSA) is 85.7 Å². The van der Waals surface area contributed by atoms with Crippen LogP contribution in [-0.4, -0.2) is 35.6 Å². The van der Waals surface area contributed by atoms with Crippen LogP contribution in [0.3, 0.4) is 0 Å². The van der Waals surface area contributed by atoms with Crippen LogP contribution in [0.25, 0.3) is 0 Å². The number of para-hydroxylation sites is 2. The maximum atomic E-state index is 11.6. The lowest BCUT2D eigenvalue weighted by atomic mass is 10.3. The first-order valence-electron chi connectivity index (χ1n) is 6.17. The molecule has 2 aromatic rings. The molecule has 110 valence electrons. The van der Waals surface area contributed by atoms with E-state index < -0.39 is 5.97 Å². The fourth-order valence-electron chi connectivity index (χ4n) is 1.52. The van der Waals surface area contributed by atoms with E-state index in [4.69, 9.17) is 9.47 Å². The molecular formula is C13H14N4O3S. The van der Waals surface area contributed by atoms with Crippen LogP contribution < -0.4 is 10.1 Å². The van der Waals surface area contributed by atoms with E-state index >= 15 is 0 Å². The fraction of sp³-hybridized carbons (Fsp3) is 0.231. The highest BCUT2D eigenvalue weighted by atomic mass is 32.1.